The maximum absolute atomic E-state index is 5.19. The van der Waals surface area contributed by atoms with Gasteiger partial charge in [-0.25, -0.2) is 0 Å². The van der Waals surface area contributed by atoms with Crippen LogP contribution < -0.4 is 10.1 Å². The fourth-order valence-electron chi connectivity index (χ4n) is 1.30. The quantitative estimate of drug-likeness (QED) is 0.762. The Hall–Kier alpha value is -1.71. The van der Waals surface area contributed by atoms with Gasteiger partial charge in [-0.2, -0.15) is 0 Å². The van der Waals surface area contributed by atoms with Gasteiger partial charge in [0.15, 0.2) is 11.4 Å². The van der Waals surface area contributed by atoms with Gasteiger partial charge in [0.1, 0.15) is 11.1 Å². The number of nitrogens with zero attached hydrogens (tertiary/aromatic N) is 1. The topological polar surface area (TPSA) is 47.3 Å². The second kappa shape index (κ2) is 2.97. The molecule has 2 rings (SSSR count). The fraction of sp³-hybridized carbons (Fsp3) is 0.222. The lowest BCUT2D eigenvalue weighted by atomic mass is 10.2. The lowest BCUT2D eigenvalue weighted by Gasteiger charge is -2.00. The second-order valence-corrected chi connectivity index (χ2v) is 2.61. The van der Waals surface area contributed by atoms with E-state index in [-0.39, 0.29) is 0 Å². The molecule has 0 saturated carbocycles. The highest BCUT2D eigenvalue weighted by Gasteiger charge is 2.10. The summed E-state index contributed by atoms with van der Waals surface area (Å²) in [4.78, 5) is 0. The monoisotopic (exact) mass is 178 g/mol. The van der Waals surface area contributed by atoms with E-state index in [1.165, 1.54) is 0 Å². The largest absolute Gasteiger partial charge is 0.496 e. The molecular weight excluding hydrogens is 168 g/mol. The highest BCUT2D eigenvalue weighted by Crippen LogP contribution is 2.31. The number of benzene rings is 1. The number of fused-ring (bicyclic) bond motifs is 1. The number of ether oxygens (including phenoxy) is 1. The molecule has 0 unspecified atom stereocenters. The van der Waals surface area contributed by atoms with E-state index >= 15 is 0 Å². The number of methoxy groups -OCH3 is 1. The summed E-state index contributed by atoms with van der Waals surface area (Å²) in [6.45, 7) is 0. The average Bonchev–Trinajstić information content (AvgIpc) is 2.60. The van der Waals surface area contributed by atoms with Crippen LogP contribution in [-0.4, -0.2) is 19.3 Å². The molecule has 0 aliphatic rings. The Morgan fingerprint density at radius 1 is 1.46 bits per heavy atom. The van der Waals surface area contributed by atoms with Crippen LogP contribution in [-0.2, 0) is 0 Å². The minimum Gasteiger partial charge on any atom is -0.496 e. The number of anilines is 1. The third-order valence-corrected chi connectivity index (χ3v) is 1.92. The summed E-state index contributed by atoms with van der Waals surface area (Å²) in [7, 11) is 3.42. The summed E-state index contributed by atoms with van der Waals surface area (Å²) >= 11 is 0. The van der Waals surface area contributed by atoms with E-state index in [4.69, 9.17) is 9.26 Å². The van der Waals surface area contributed by atoms with E-state index in [9.17, 15) is 0 Å². The predicted octanol–water partition coefficient (Wildman–Crippen LogP) is 1.88. The zero-order chi connectivity index (χ0) is 9.26. The minimum absolute atomic E-state index is 0.701. The third-order valence-electron chi connectivity index (χ3n) is 1.92. The number of nitrogens with one attached hydrogen (secondary N) is 1. The van der Waals surface area contributed by atoms with Gasteiger partial charge in [-0.05, 0) is 12.1 Å². The van der Waals surface area contributed by atoms with Crippen LogP contribution in [0, 0.1) is 0 Å². The van der Waals surface area contributed by atoms with Gasteiger partial charge in [-0.3, -0.25) is 0 Å². The van der Waals surface area contributed by atoms with Crippen LogP contribution in [0.15, 0.2) is 22.7 Å². The summed E-state index contributed by atoms with van der Waals surface area (Å²) in [5.74, 6) is 1.47. The van der Waals surface area contributed by atoms with Crippen molar-refractivity contribution >= 4 is 16.8 Å². The molecule has 0 saturated heterocycles. The highest BCUT2D eigenvalue weighted by molar-refractivity contribution is 5.93. The summed E-state index contributed by atoms with van der Waals surface area (Å²) in [6.07, 6.45) is 0. The van der Waals surface area contributed by atoms with Gasteiger partial charge in [-0.1, -0.05) is 11.2 Å². The number of aromatic nitrogens is 1. The van der Waals surface area contributed by atoms with Crippen LogP contribution in [0.1, 0.15) is 0 Å². The van der Waals surface area contributed by atoms with Gasteiger partial charge in [-0.15, -0.1) is 0 Å². The summed E-state index contributed by atoms with van der Waals surface area (Å²) < 4.78 is 10.3. The molecule has 13 heavy (non-hydrogen) atoms. The van der Waals surface area contributed by atoms with Crippen molar-refractivity contribution in [2.75, 3.05) is 19.5 Å². The zero-order valence-electron chi connectivity index (χ0n) is 7.50. The number of rotatable bonds is 2. The van der Waals surface area contributed by atoms with Crippen LogP contribution in [0.5, 0.6) is 5.75 Å². The van der Waals surface area contributed by atoms with Gasteiger partial charge in [0.2, 0.25) is 0 Å². The van der Waals surface area contributed by atoms with Crippen molar-refractivity contribution < 1.29 is 9.26 Å². The fourth-order valence-corrected chi connectivity index (χ4v) is 1.30. The maximum Gasteiger partial charge on any atom is 0.180 e. The molecule has 4 nitrogen and oxygen atoms in total. The molecule has 0 aliphatic carbocycles. The molecular formula is C9H10N2O2. The van der Waals surface area contributed by atoms with E-state index in [1.807, 2.05) is 18.2 Å². The van der Waals surface area contributed by atoms with Crippen molar-refractivity contribution in [2.45, 2.75) is 0 Å². The first kappa shape index (κ1) is 7.91. The Labute approximate surface area is 75.5 Å². The molecule has 68 valence electrons. The number of hydrogen-bond acceptors (Lipinski definition) is 4. The molecule has 2 aromatic rings. The number of hydrogen-bond donors (Lipinski definition) is 1. The van der Waals surface area contributed by atoms with Crippen LogP contribution in [0.3, 0.4) is 0 Å². The van der Waals surface area contributed by atoms with E-state index < -0.39 is 0 Å². The first-order valence-electron chi connectivity index (χ1n) is 3.97. The highest BCUT2D eigenvalue weighted by atomic mass is 16.5. The van der Waals surface area contributed by atoms with Crippen molar-refractivity contribution in [2.24, 2.45) is 0 Å². The van der Waals surface area contributed by atoms with Crippen molar-refractivity contribution in [1.82, 2.24) is 5.16 Å². The summed E-state index contributed by atoms with van der Waals surface area (Å²) in [5.41, 5.74) is 0.726. The van der Waals surface area contributed by atoms with Crippen LogP contribution in [0.4, 0.5) is 5.82 Å². The molecule has 1 N–H and O–H groups in total. The minimum atomic E-state index is 0.701. The Kier molecular flexibility index (Phi) is 1.81. The Morgan fingerprint density at radius 3 is 3.00 bits per heavy atom. The molecule has 0 radical (unpaired) electrons. The van der Waals surface area contributed by atoms with Crippen molar-refractivity contribution in [3.05, 3.63) is 18.2 Å². The van der Waals surface area contributed by atoms with Crippen molar-refractivity contribution in [3.8, 4) is 5.75 Å². The first-order chi connectivity index (χ1) is 6.36. The Bertz CT molecular complexity index is 422. The predicted molar refractivity (Wildman–Crippen MR) is 50.1 cm³/mol. The van der Waals surface area contributed by atoms with E-state index in [0.717, 1.165) is 16.7 Å². The molecule has 0 fully saturated rings. The molecule has 0 atom stereocenters. The van der Waals surface area contributed by atoms with E-state index in [0.29, 0.717) is 5.82 Å². The third kappa shape index (κ3) is 1.11. The van der Waals surface area contributed by atoms with Crippen LogP contribution >= 0.6 is 0 Å². The van der Waals surface area contributed by atoms with Crippen LogP contribution in [0.2, 0.25) is 0 Å². The first-order valence-corrected chi connectivity index (χ1v) is 3.97. The van der Waals surface area contributed by atoms with Gasteiger partial charge in [0.25, 0.3) is 0 Å². The van der Waals surface area contributed by atoms with Gasteiger partial charge >= 0.3 is 0 Å². The second-order valence-electron chi connectivity index (χ2n) is 2.61. The lowest BCUT2D eigenvalue weighted by Crippen LogP contribution is -1.89. The molecule has 0 spiro atoms. The van der Waals surface area contributed by atoms with E-state index in [1.54, 1.807) is 14.2 Å². The normalized spacial score (nSPS) is 10.3. The molecule has 4 heteroatoms. The molecule has 0 bridgehead atoms. The van der Waals surface area contributed by atoms with Gasteiger partial charge in [0, 0.05) is 7.05 Å². The Balaban J connectivity index is 2.76. The lowest BCUT2D eigenvalue weighted by molar-refractivity contribution is 0.419. The maximum atomic E-state index is 5.19. The molecule has 1 heterocycles. The molecule has 0 aliphatic heterocycles. The smallest absolute Gasteiger partial charge is 0.180 e. The molecule has 0 amide bonds. The summed E-state index contributed by atoms with van der Waals surface area (Å²) in [5, 5.41) is 7.68. The van der Waals surface area contributed by atoms with Crippen LogP contribution in [0.25, 0.3) is 11.0 Å². The SMILES string of the molecule is CNc1noc2cccc(OC)c12. The van der Waals surface area contributed by atoms with Crippen molar-refractivity contribution in [3.63, 3.8) is 0 Å². The van der Waals surface area contributed by atoms with Gasteiger partial charge in [0.05, 0.1) is 7.11 Å². The molecule has 1 aromatic heterocycles. The zero-order valence-corrected chi connectivity index (χ0v) is 7.50. The summed E-state index contributed by atoms with van der Waals surface area (Å²) in [6, 6.07) is 5.60. The van der Waals surface area contributed by atoms with Crippen molar-refractivity contribution in [1.29, 1.82) is 0 Å². The average molecular weight is 178 g/mol. The standard InChI is InChI=1S/C9H10N2O2/c1-10-9-8-6(12-2)4-3-5-7(8)13-11-9/h3-5H,1-2H3,(H,10,11). The Morgan fingerprint density at radius 2 is 2.31 bits per heavy atom. The van der Waals surface area contributed by atoms with Gasteiger partial charge < -0.3 is 14.6 Å². The van der Waals surface area contributed by atoms with E-state index in [2.05, 4.69) is 10.5 Å². The molecule has 1 aromatic carbocycles.